The van der Waals surface area contributed by atoms with Crippen LogP contribution in [-0.4, -0.2) is 21.3 Å². The molecule has 1 aromatic rings. The van der Waals surface area contributed by atoms with Gasteiger partial charge < -0.3 is 4.43 Å². The molecule has 0 aromatic heterocycles. The van der Waals surface area contributed by atoms with Crippen LogP contribution >= 0.6 is 0 Å². The molecule has 0 saturated heterocycles. The summed E-state index contributed by atoms with van der Waals surface area (Å²) in [5.74, 6) is 0.854. The molecule has 2 nitrogen and oxygen atoms in total. The lowest BCUT2D eigenvalue weighted by Gasteiger charge is -2.36. The van der Waals surface area contributed by atoms with E-state index in [0.29, 0.717) is 0 Å². The van der Waals surface area contributed by atoms with Crippen molar-refractivity contribution in [2.24, 2.45) is 4.99 Å². The van der Waals surface area contributed by atoms with E-state index in [-0.39, 0.29) is 5.04 Å². The Hall–Kier alpha value is -1.09. The molecular formula is C15H25NOSi. The third-order valence-electron chi connectivity index (χ3n) is 3.63. The lowest BCUT2D eigenvalue weighted by molar-refractivity contribution is 0.476. The first kappa shape index (κ1) is 15.0. The first-order chi connectivity index (χ1) is 8.26. The Morgan fingerprint density at radius 1 is 1.17 bits per heavy atom. The predicted octanol–water partition coefficient (Wildman–Crippen LogP) is 4.28. The van der Waals surface area contributed by atoms with Crippen molar-refractivity contribution < 1.29 is 4.43 Å². The number of hydrogen-bond donors (Lipinski definition) is 0. The van der Waals surface area contributed by atoms with Crippen LogP contribution in [0.1, 0.15) is 26.3 Å². The van der Waals surface area contributed by atoms with Crippen molar-refractivity contribution in [3.05, 3.63) is 35.9 Å². The maximum absolute atomic E-state index is 6.24. The molecule has 0 spiro atoms. The van der Waals surface area contributed by atoms with Gasteiger partial charge in [-0.15, -0.1) is 0 Å². The van der Waals surface area contributed by atoms with E-state index < -0.39 is 8.32 Å². The van der Waals surface area contributed by atoms with Crippen LogP contribution in [0.15, 0.2) is 35.3 Å². The average molecular weight is 263 g/mol. The number of rotatable bonds is 3. The molecule has 0 atom stereocenters. The van der Waals surface area contributed by atoms with Crippen LogP contribution in [0.5, 0.6) is 0 Å². The van der Waals surface area contributed by atoms with E-state index >= 15 is 0 Å². The Morgan fingerprint density at radius 2 is 1.72 bits per heavy atom. The highest BCUT2D eigenvalue weighted by Gasteiger charge is 2.39. The minimum atomic E-state index is -1.77. The first-order valence-electron chi connectivity index (χ1n) is 6.45. The monoisotopic (exact) mass is 263 g/mol. The molecule has 0 radical (unpaired) electrons. The number of nitrogens with zero attached hydrogens (tertiary/aromatic N) is 1. The van der Waals surface area contributed by atoms with E-state index in [1.807, 2.05) is 13.1 Å². The summed E-state index contributed by atoms with van der Waals surface area (Å²) in [6, 6.07) is 10.4. The van der Waals surface area contributed by atoms with E-state index in [1.165, 1.54) is 5.56 Å². The van der Waals surface area contributed by atoms with Gasteiger partial charge in [-0.2, -0.15) is 0 Å². The molecule has 0 aliphatic carbocycles. The smallest absolute Gasteiger partial charge is 0.252 e. The summed E-state index contributed by atoms with van der Waals surface area (Å²) in [5, 5.41) is 0.208. The Balaban J connectivity index is 2.76. The molecule has 100 valence electrons. The maximum Gasteiger partial charge on any atom is 0.252 e. The van der Waals surface area contributed by atoms with Crippen LogP contribution in [0.4, 0.5) is 0 Å². The Labute approximate surface area is 112 Å². The predicted molar refractivity (Wildman–Crippen MR) is 81.8 cm³/mol. The minimum absolute atomic E-state index is 0.208. The molecule has 3 heteroatoms. The third kappa shape index (κ3) is 3.98. The van der Waals surface area contributed by atoms with Crippen molar-refractivity contribution in [3.8, 4) is 0 Å². The van der Waals surface area contributed by atoms with Crippen molar-refractivity contribution >= 4 is 14.2 Å². The fraction of sp³-hybridized carbons (Fsp3) is 0.533. The fourth-order valence-electron chi connectivity index (χ4n) is 1.38. The van der Waals surface area contributed by atoms with E-state index in [2.05, 4.69) is 63.1 Å². The van der Waals surface area contributed by atoms with Gasteiger partial charge >= 0.3 is 0 Å². The lowest BCUT2D eigenvalue weighted by atomic mass is 10.1. The second kappa shape index (κ2) is 5.70. The quantitative estimate of drug-likeness (QED) is 0.453. The largest absolute Gasteiger partial charge is 0.534 e. The van der Waals surface area contributed by atoms with Crippen molar-refractivity contribution in [1.82, 2.24) is 0 Å². The van der Waals surface area contributed by atoms with Crippen molar-refractivity contribution in [1.29, 1.82) is 0 Å². The van der Waals surface area contributed by atoms with Crippen LogP contribution in [0.2, 0.25) is 18.1 Å². The van der Waals surface area contributed by atoms with E-state index in [1.54, 1.807) is 0 Å². The van der Waals surface area contributed by atoms with Gasteiger partial charge in [-0.3, -0.25) is 4.99 Å². The molecule has 18 heavy (non-hydrogen) atoms. The number of aliphatic imine (C=N–C) groups is 1. The van der Waals surface area contributed by atoms with Gasteiger partial charge in [0.25, 0.3) is 8.32 Å². The molecule has 0 amide bonds. The zero-order valence-electron chi connectivity index (χ0n) is 12.4. The second-order valence-electron chi connectivity index (χ2n) is 6.14. The highest BCUT2D eigenvalue weighted by atomic mass is 28.4. The SMILES string of the molecule is CN=C(Cc1ccccc1)O[Si](C)(C)C(C)(C)C. The van der Waals surface area contributed by atoms with Crippen molar-refractivity contribution in [2.45, 2.75) is 45.3 Å². The number of hydrogen-bond acceptors (Lipinski definition) is 2. The van der Waals surface area contributed by atoms with Gasteiger partial charge in [-0.25, -0.2) is 0 Å². The maximum atomic E-state index is 6.24. The third-order valence-corrected chi connectivity index (χ3v) is 7.99. The Kier molecular flexibility index (Phi) is 4.74. The average Bonchev–Trinajstić information content (AvgIpc) is 2.27. The fourth-order valence-corrected chi connectivity index (χ4v) is 2.44. The molecule has 0 heterocycles. The highest BCUT2D eigenvalue weighted by Crippen LogP contribution is 2.36. The first-order valence-corrected chi connectivity index (χ1v) is 9.36. The van der Waals surface area contributed by atoms with E-state index in [9.17, 15) is 0 Å². The van der Waals surface area contributed by atoms with Gasteiger partial charge in [0.05, 0.1) is 0 Å². The summed E-state index contributed by atoms with van der Waals surface area (Å²) in [6.45, 7) is 11.2. The van der Waals surface area contributed by atoms with Gasteiger partial charge in [0.2, 0.25) is 0 Å². The summed E-state index contributed by atoms with van der Waals surface area (Å²) in [7, 11) is 0.0373. The summed E-state index contributed by atoms with van der Waals surface area (Å²) < 4.78 is 6.24. The Morgan fingerprint density at radius 3 is 2.17 bits per heavy atom. The Bertz CT molecular complexity index is 404. The second-order valence-corrected chi connectivity index (χ2v) is 10.9. The normalized spacial score (nSPS) is 13.6. The van der Waals surface area contributed by atoms with Crippen LogP contribution in [0.25, 0.3) is 0 Å². The molecule has 1 aromatic carbocycles. The van der Waals surface area contributed by atoms with Crippen molar-refractivity contribution in [2.75, 3.05) is 7.05 Å². The highest BCUT2D eigenvalue weighted by molar-refractivity contribution is 6.75. The molecule has 0 unspecified atom stereocenters. The molecule has 1 rings (SSSR count). The van der Waals surface area contributed by atoms with E-state index in [0.717, 1.165) is 12.3 Å². The minimum Gasteiger partial charge on any atom is -0.534 e. The molecule has 0 aliphatic heterocycles. The van der Waals surface area contributed by atoms with Crippen molar-refractivity contribution in [3.63, 3.8) is 0 Å². The summed E-state index contributed by atoms with van der Waals surface area (Å²) in [4.78, 5) is 4.31. The van der Waals surface area contributed by atoms with Gasteiger partial charge in [-0.1, -0.05) is 51.1 Å². The zero-order valence-corrected chi connectivity index (χ0v) is 13.4. The summed E-state index contributed by atoms with van der Waals surface area (Å²) in [6.07, 6.45) is 0.782. The van der Waals surface area contributed by atoms with Gasteiger partial charge in [-0.05, 0) is 23.7 Å². The summed E-state index contributed by atoms with van der Waals surface area (Å²) >= 11 is 0. The van der Waals surface area contributed by atoms with Gasteiger partial charge in [0, 0.05) is 13.5 Å². The van der Waals surface area contributed by atoms with Crippen LogP contribution in [-0.2, 0) is 10.8 Å². The lowest BCUT2D eigenvalue weighted by Crippen LogP contribution is -2.43. The number of benzene rings is 1. The molecule has 0 bridgehead atoms. The molecule has 0 aliphatic rings. The standard InChI is InChI=1S/C15H25NOSi/c1-15(2,3)18(5,6)17-14(16-4)12-13-10-8-7-9-11-13/h7-11H,12H2,1-6H3. The van der Waals surface area contributed by atoms with Crippen LogP contribution in [0.3, 0.4) is 0 Å². The molecule has 0 saturated carbocycles. The molecular weight excluding hydrogens is 238 g/mol. The van der Waals surface area contributed by atoms with Crippen LogP contribution in [0, 0.1) is 0 Å². The summed E-state index contributed by atoms with van der Waals surface area (Å²) in [5.41, 5.74) is 1.25. The molecule has 0 N–H and O–H groups in total. The van der Waals surface area contributed by atoms with Gasteiger partial charge in [0.1, 0.15) is 0 Å². The zero-order chi connectivity index (χ0) is 13.8. The van der Waals surface area contributed by atoms with Gasteiger partial charge in [0.15, 0.2) is 5.90 Å². The van der Waals surface area contributed by atoms with Crippen LogP contribution < -0.4 is 0 Å². The molecule has 0 fully saturated rings. The topological polar surface area (TPSA) is 21.6 Å². The van der Waals surface area contributed by atoms with E-state index in [4.69, 9.17) is 4.43 Å².